The zero-order valence-corrected chi connectivity index (χ0v) is 34.8. The number of nitrogens with zero attached hydrogens (tertiary/aromatic N) is 1. The summed E-state index contributed by atoms with van der Waals surface area (Å²) in [4.78, 5) is 2.45. The maximum Gasteiger partial charge on any atom is 0.142 e. The first-order valence-corrected chi connectivity index (χ1v) is 22.3. The van der Waals surface area contributed by atoms with Crippen LogP contribution < -0.4 is 9.64 Å². The summed E-state index contributed by atoms with van der Waals surface area (Å²) < 4.78 is 15.8. The molecular formula is C57H41NO2S. The molecule has 0 spiro atoms. The van der Waals surface area contributed by atoms with Crippen molar-refractivity contribution in [2.45, 2.75) is 44.1 Å². The van der Waals surface area contributed by atoms with Crippen molar-refractivity contribution in [2.75, 3.05) is 4.90 Å². The van der Waals surface area contributed by atoms with Gasteiger partial charge in [-0.15, -0.1) is 11.3 Å². The molecule has 2 aromatic heterocycles. The SMILES string of the molecule is CC1(C)c2ccccc2-c2c1ccc1c2sc2c(N(c3ccc(-c4cccc5c6c(oc45)CCC=C6)cc3)c3ccc(C4C=CC=C5c6ccccc6OC54)cc3)cccc21. The highest BCUT2D eigenvalue weighted by molar-refractivity contribution is 7.27. The Balaban J connectivity index is 0.953. The third kappa shape index (κ3) is 5.09. The Morgan fingerprint density at radius 2 is 1.39 bits per heavy atom. The Morgan fingerprint density at radius 3 is 2.26 bits per heavy atom. The summed E-state index contributed by atoms with van der Waals surface area (Å²) in [6, 6.07) is 53.8. The highest BCUT2D eigenvalue weighted by Gasteiger charge is 2.38. The zero-order chi connectivity index (χ0) is 40.4. The van der Waals surface area contributed by atoms with Gasteiger partial charge in [0.2, 0.25) is 0 Å². The van der Waals surface area contributed by atoms with Gasteiger partial charge < -0.3 is 14.1 Å². The third-order valence-corrected chi connectivity index (χ3v) is 15.0. The van der Waals surface area contributed by atoms with Crippen LogP contribution >= 0.6 is 11.3 Å². The Kier molecular flexibility index (Phi) is 7.48. The lowest BCUT2D eigenvalue weighted by Gasteiger charge is -2.28. The van der Waals surface area contributed by atoms with Crippen LogP contribution in [0, 0.1) is 0 Å². The molecule has 13 rings (SSSR count). The van der Waals surface area contributed by atoms with Crippen molar-refractivity contribution in [1.29, 1.82) is 0 Å². The van der Waals surface area contributed by atoms with Crippen LogP contribution in [0.3, 0.4) is 0 Å². The van der Waals surface area contributed by atoms with Crippen LogP contribution in [-0.2, 0) is 11.8 Å². The molecule has 4 heteroatoms. The number of para-hydroxylation sites is 2. The number of allylic oxidation sites excluding steroid dienone is 3. The van der Waals surface area contributed by atoms with Crippen molar-refractivity contribution in [3.05, 3.63) is 203 Å². The van der Waals surface area contributed by atoms with E-state index in [1.54, 1.807) is 0 Å². The Bertz CT molecular complexity index is 3370. The predicted molar refractivity (Wildman–Crippen MR) is 255 cm³/mol. The number of hydrogen-bond acceptors (Lipinski definition) is 4. The van der Waals surface area contributed by atoms with Gasteiger partial charge in [0.25, 0.3) is 0 Å². The van der Waals surface area contributed by atoms with Gasteiger partial charge >= 0.3 is 0 Å². The average Bonchev–Trinajstić information content (AvgIpc) is 4.06. The number of aryl methyl sites for hydroxylation is 1. The van der Waals surface area contributed by atoms with E-state index in [-0.39, 0.29) is 17.4 Å². The number of thiophene rings is 1. The van der Waals surface area contributed by atoms with Crippen molar-refractivity contribution in [2.24, 2.45) is 0 Å². The molecule has 2 atom stereocenters. The number of fused-ring (bicyclic) bond motifs is 13. The summed E-state index contributed by atoms with van der Waals surface area (Å²) in [6.45, 7) is 4.74. The van der Waals surface area contributed by atoms with Crippen molar-refractivity contribution < 1.29 is 9.15 Å². The molecule has 9 aromatic rings. The molecule has 0 saturated heterocycles. The molecule has 4 aliphatic rings. The number of hydrogen-bond donors (Lipinski definition) is 0. The first-order valence-electron chi connectivity index (χ1n) is 21.5. The van der Waals surface area contributed by atoms with E-state index in [1.165, 1.54) is 75.8 Å². The van der Waals surface area contributed by atoms with Crippen LogP contribution in [-0.4, -0.2) is 6.10 Å². The second-order valence-electron chi connectivity index (χ2n) is 17.4. The van der Waals surface area contributed by atoms with Gasteiger partial charge in [0.05, 0.1) is 10.4 Å². The number of furan rings is 1. The molecule has 0 saturated carbocycles. The fourth-order valence-corrected chi connectivity index (χ4v) is 12.1. The lowest BCUT2D eigenvalue weighted by Crippen LogP contribution is -2.23. The van der Waals surface area contributed by atoms with E-state index in [4.69, 9.17) is 9.15 Å². The number of benzene rings is 7. The smallest absolute Gasteiger partial charge is 0.142 e. The molecule has 292 valence electrons. The maximum atomic E-state index is 6.60. The zero-order valence-electron chi connectivity index (χ0n) is 34.0. The Labute approximate surface area is 359 Å². The third-order valence-electron chi connectivity index (χ3n) is 13.7. The molecule has 7 aromatic carbocycles. The normalized spacial score (nSPS) is 17.8. The van der Waals surface area contributed by atoms with Crippen LogP contribution in [0.5, 0.6) is 5.75 Å². The molecule has 2 unspecified atom stereocenters. The van der Waals surface area contributed by atoms with E-state index in [9.17, 15) is 0 Å². The fraction of sp³-hybridized carbons (Fsp3) is 0.123. The molecule has 0 amide bonds. The summed E-state index contributed by atoms with van der Waals surface area (Å²) in [5, 5.41) is 3.78. The van der Waals surface area contributed by atoms with Crippen LogP contribution in [0.1, 0.15) is 59.8 Å². The molecule has 0 radical (unpaired) electrons. The van der Waals surface area contributed by atoms with E-state index < -0.39 is 0 Å². The highest BCUT2D eigenvalue weighted by Crippen LogP contribution is 2.55. The molecule has 0 bridgehead atoms. The number of ether oxygens (including phenoxy) is 1. The molecule has 3 nitrogen and oxygen atoms in total. The van der Waals surface area contributed by atoms with Crippen molar-refractivity contribution in [3.63, 3.8) is 0 Å². The molecule has 0 N–H and O–H groups in total. The summed E-state index contributed by atoms with van der Waals surface area (Å²) in [5.74, 6) is 2.16. The van der Waals surface area contributed by atoms with Crippen LogP contribution in [0.2, 0.25) is 0 Å². The minimum absolute atomic E-state index is 0.0405. The number of rotatable bonds is 5. The van der Waals surface area contributed by atoms with Crippen molar-refractivity contribution in [1.82, 2.24) is 0 Å². The van der Waals surface area contributed by atoms with Gasteiger partial charge in [-0.2, -0.15) is 0 Å². The van der Waals surface area contributed by atoms with Gasteiger partial charge in [-0.05, 0) is 70.6 Å². The molecule has 61 heavy (non-hydrogen) atoms. The quantitative estimate of drug-likeness (QED) is 0.173. The minimum atomic E-state index is -0.0545. The summed E-state index contributed by atoms with van der Waals surface area (Å²) in [6.07, 6.45) is 13.1. The lowest BCUT2D eigenvalue weighted by atomic mass is 9.82. The van der Waals surface area contributed by atoms with Gasteiger partial charge in [-0.25, -0.2) is 0 Å². The lowest BCUT2D eigenvalue weighted by molar-refractivity contribution is 0.258. The predicted octanol–water partition coefficient (Wildman–Crippen LogP) is 15.7. The van der Waals surface area contributed by atoms with Gasteiger partial charge in [-0.1, -0.05) is 153 Å². The topological polar surface area (TPSA) is 25.6 Å². The van der Waals surface area contributed by atoms with Gasteiger partial charge in [0.15, 0.2) is 0 Å². The van der Waals surface area contributed by atoms with Crippen molar-refractivity contribution in [3.8, 4) is 28.0 Å². The van der Waals surface area contributed by atoms with E-state index in [0.29, 0.717) is 0 Å². The highest BCUT2D eigenvalue weighted by atomic mass is 32.1. The molecule has 1 aliphatic heterocycles. The van der Waals surface area contributed by atoms with Gasteiger partial charge in [-0.3, -0.25) is 0 Å². The average molecular weight is 804 g/mol. The van der Waals surface area contributed by atoms with Gasteiger partial charge in [0.1, 0.15) is 23.2 Å². The largest absolute Gasteiger partial charge is 0.484 e. The Hall–Kier alpha value is -6.88. The monoisotopic (exact) mass is 803 g/mol. The van der Waals surface area contributed by atoms with Gasteiger partial charge in [0, 0.05) is 77.8 Å². The number of anilines is 3. The first-order chi connectivity index (χ1) is 30.0. The molecule has 0 fully saturated rings. The van der Waals surface area contributed by atoms with E-state index in [2.05, 4.69) is 195 Å². The fourth-order valence-electron chi connectivity index (χ4n) is 10.7. The molecular weight excluding hydrogens is 763 g/mol. The maximum absolute atomic E-state index is 6.60. The van der Waals surface area contributed by atoms with E-state index >= 15 is 0 Å². The van der Waals surface area contributed by atoms with E-state index in [1.807, 2.05) is 11.3 Å². The second kappa shape index (κ2) is 13.1. The Morgan fingerprint density at radius 1 is 0.656 bits per heavy atom. The van der Waals surface area contributed by atoms with Crippen LogP contribution in [0.25, 0.3) is 65.0 Å². The minimum Gasteiger partial charge on any atom is -0.484 e. The van der Waals surface area contributed by atoms with Crippen LogP contribution in [0.15, 0.2) is 174 Å². The molecule has 3 aliphatic carbocycles. The molecule has 3 heterocycles. The second-order valence-corrected chi connectivity index (χ2v) is 18.4. The van der Waals surface area contributed by atoms with Crippen molar-refractivity contribution >= 4 is 71.2 Å². The standard InChI is InChI=1S/C57H41NO2S/c1-57(2)47-20-6-3-14-46(47)52-48(57)33-32-45-44-19-11-21-49(55(44)61-56(45)52)58(36-28-24-34(25-29-36)38-15-9-17-42-40-12-4-7-22-50(40)59-53(38)42)37-30-26-35(27-31-37)39-16-10-18-43-41-13-5-8-23-51(41)60-54(39)43/h3-7,9-22,24-33,38,53H,8,23H2,1-2H3. The summed E-state index contributed by atoms with van der Waals surface area (Å²) >= 11 is 1.93. The first kappa shape index (κ1) is 34.9. The summed E-state index contributed by atoms with van der Waals surface area (Å²) in [7, 11) is 0. The van der Waals surface area contributed by atoms with Crippen LogP contribution in [0.4, 0.5) is 17.1 Å². The van der Waals surface area contributed by atoms with E-state index in [0.717, 1.165) is 52.4 Å². The summed E-state index contributed by atoms with van der Waals surface area (Å²) in [5.41, 5.74) is 17.0.